The maximum absolute atomic E-state index is 14.7. The van der Waals surface area contributed by atoms with E-state index in [0.29, 0.717) is 28.5 Å². The predicted octanol–water partition coefficient (Wildman–Crippen LogP) is 7.46. The van der Waals surface area contributed by atoms with Crippen molar-refractivity contribution >= 4 is 35.7 Å². The molecule has 0 saturated carbocycles. The van der Waals surface area contributed by atoms with Gasteiger partial charge in [0, 0.05) is 22.5 Å². The minimum Gasteiger partial charge on any atom is -0.356 e. The van der Waals surface area contributed by atoms with Crippen LogP contribution in [-0.4, -0.2) is 22.8 Å². The number of aromatic nitrogens is 2. The third kappa shape index (κ3) is 6.43. The summed E-state index contributed by atoms with van der Waals surface area (Å²) in [5, 5.41) is 5.84. The van der Waals surface area contributed by atoms with E-state index in [4.69, 9.17) is 4.79 Å². The monoisotopic (exact) mass is 561 g/mol. The molecule has 0 fully saturated rings. The lowest BCUT2D eigenvalue weighted by Gasteiger charge is -2.30. The Bertz CT molecular complexity index is 1560. The first-order valence-electron chi connectivity index (χ1n) is 12.7. The summed E-state index contributed by atoms with van der Waals surface area (Å²) in [6.45, 7) is 13.7. The highest BCUT2D eigenvalue weighted by molar-refractivity contribution is 6.02. The first-order valence-corrected chi connectivity index (χ1v) is 12.7. The summed E-state index contributed by atoms with van der Waals surface area (Å²) < 4.78 is 42.7. The van der Waals surface area contributed by atoms with Gasteiger partial charge in [-0.2, -0.15) is 0 Å². The summed E-state index contributed by atoms with van der Waals surface area (Å²) in [4.78, 5) is 30.8. The molecule has 5 rings (SSSR count). The smallest absolute Gasteiger partial charge is 0.328 e. The lowest BCUT2D eigenvalue weighted by Crippen LogP contribution is -2.43. The van der Waals surface area contributed by atoms with Crippen molar-refractivity contribution in [2.24, 2.45) is 0 Å². The first kappa shape index (κ1) is 30.6. The zero-order chi connectivity index (χ0) is 30.3. The van der Waals surface area contributed by atoms with Crippen LogP contribution in [0.1, 0.15) is 36.4 Å². The Labute approximate surface area is 236 Å². The van der Waals surface area contributed by atoms with Gasteiger partial charge in [-0.3, -0.25) is 0 Å². The number of fused-ring (bicyclic) bond motifs is 1. The topological polar surface area (TPSA) is 87.2 Å². The SMILES string of the molecule is C=C(Nc1ccc(F)cc1)c1ccc(C)c(-c2nc(C)nc3c2CNC(=O)N3c2c(F)cccc2F)c1.C=O.CC. The quantitative estimate of drug-likeness (QED) is 0.264. The van der Waals surface area contributed by atoms with Crippen molar-refractivity contribution in [3.63, 3.8) is 0 Å². The number of carbonyl (C=O) groups is 2. The molecule has 0 saturated heterocycles. The molecule has 41 heavy (non-hydrogen) atoms. The molecule has 2 amide bonds. The van der Waals surface area contributed by atoms with E-state index in [1.54, 1.807) is 19.1 Å². The number of nitrogens with one attached hydrogen (secondary N) is 2. The molecule has 3 aromatic carbocycles. The normalized spacial score (nSPS) is 11.7. The molecule has 1 aromatic heterocycles. The molecule has 10 heteroatoms. The maximum atomic E-state index is 14.7. The Morgan fingerprint density at radius 2 is 1.59 bits per heavy atom. The number of anilines is 3. The molecule has 0 spiro atoms. The Hall–Kier alpha value is -4.99. The molecule has 2 heterocycles. The molecule has 4 aromatic rings. The number of para-hydroxylation sites is 1. The third-order valence-electron chi connectivity index (χ3n) is 6.07. The van der Waals surface area contributed by atoms with E-state index in [1.165, 1.54) is 18.2 Å². The van der Waals surface area contributed by atoms with Gasteiger partial charge >= 0.3 is 6.03 Å². The molecule has 7 nitrogen and oxygen atoms in total. The second-order valence-electron chi connectivity index (χ2n) is 8.63. The van der Waals surface area contributed by atoms with Crippen molar-refractivity contribution < 1.29 is 22.8 Å². The molecule has 212 valence electrons. The average Bonchev–Trinajstić information content (AvgIpc) is 2.97. The highest BCUT2D eigenvalue weighted by atomic mass is 19.1. The molecular formula is C31H30F3N5O2. The molecule has 1 aliphatic heterocycles. The molecule has 1 aliphatic rings. The molecule has 0 atom stereocenters. The summed E-state index contributed by atoms with van der Waals surface area (Å²) >= 11 is 0. The number of rotatable bonds is 5. The number of hydrogen-bond acceptors (Lipinski definition) is 5. The molecule has 0 aliphatic carbocycles. The fourth-order valence-electron chi connectivity index (χ4n) is 4.25. The van der Waals surface area contributed by atoms with Crippen LogP contribution in [0.15, 0.2) is 67.2 Å². The van der Waals surface area contributed by atoms with Gasteiger partial charge < -0.3 is 15.4 Å². The van der Waals surface area contributed by atoms with Crippen molar-refractivity contribution in [1.29, 1.82) is 0 Å². The summed E-state index contributed by atoms with van der Waals surface area (Å²) in [6, 6.07) is 14.3. The number of hydrogen-bond donors (Lipinski definition) is 2. The van der Waals surface area contributed by atoms with Crippen molar-refractivity contribution in [2.75, 3.05) is 10.2 Å². The van der Waals surface area contributed by atoms with E-state index in [1.807, 2.05) is 45.8 Å². The zero-order valence-corrected chi connectivity index (χ0v) is 23.2. The van der Waals surface area contributed by atoms with E-state index in [-0.39, 0.29) is 18.2 Å². The van der Waals surface area contributed by atoms with E-state index in [2.05, 4.69) is 27.2 Å². The lowest BCUT2D eigenvalue weighted by atomic mass is 9.97. The first-order chi connectivity index (χ1) is 19.7. The second-order valence-corrected chi connectivity index (χ2v) is 8.63. The van der Waals surface area contributed by atoms with E-state index in [0.717, 1.165) is 33.7 Å². The van der Waals surface area contributed by atoms with Gasteiger partial charge in [0.15, 0.2) is 5.82 Å². The Morgan fingerprint density at radius 3 is 2.22 bits per heavy atom. The van der Waals surface area contributed by atoms with Crippen LogP contribution in [0.5, 0.6) is 0 Å². The largest absolute Gasteiger partial charge is 0.356 e. The van der Waals surface area contributed by atoms with Crippen LogP contribution in [0.2, 0.25) is 0 Å². The van der Waals surface area contributed by atoms with Crippen molar-refractivity contribution in [3.05, 3.63) is 107 Å². The van der Waals surface area contributed by atoms with E-state index >= 15 is 0 Å². The fourth-order valence-corrected chi connectivity index (χ4v) is 4.25. The Kier molecular flexibility index (Phi) is 9.97. The standard InChI is InChI=1S/C28H22F3N5O.C2H6.CH2O/c1-15-7-8-18(16(2)33-20-11-9-19(29)10-12-20)13-21(15)25-22-14-32-28(37)36(27(22)35-17(3)34-25)26-23(30)5-4-6-24(26)31;2*1-2/h4-13,33H,2,14H2,1,3H3,(H,32,37);1-2H3;1H2. The maximum Gasteiger partial charge on any atom is 0.328 e. The van der Waals surface area contributed by atoms with E-state index in [9.17, 15) is 18.0 Å². The number of halogens is 3. The Balaban J connectivity index is 0.00000111. The number of amides is 2. The van der Waals surface area contributed by atoms with Gasteiger partial charge in [0.1, 0.15) is 35.8 Å². The van der Waals surface area contributed by atoms with Gasteiger partial charge in [-0.05, 0) is 67.4 Å². The van der Waals surface area contributed by atoms with Crippen LogP contribution in [0.4, 0.5) is 35.2 Å². The van der Waals surface area contributed by atoms with Crippen molar-refractivity contribution in [1.82, 2.24) is 15.3 Å². The van der Waals surface area contributed by atoms with Gasteiger partial charge in [-0.15, -0.1) is 0 Å². The Morgan fingerprint density at radius 1 is 0.951 bits per heavy atom. The second kappa shape index (κ2) is 13.4. The van der Waals surface area contributed by atoms with Gasteiger partial charge in [0.25, 0.3) is 0 Å². The molecule has 2 N–H and O–H groups in total. The average molecular weight is 562 g/mol. The summed E-state index contributed by atoms with van der Waals surface area (Å²) in [6.07, 6.45) is 0. The highest BCUT2D eigenvalue weighted by Gasteiger charge is 2.33. The van der Waals surface area contributed by atoms with Crippen molar-refractivity contribution in [2.45, 2.75) is 34.2 Å². The summed E-state index contributed by atoms with van der Waals surface area (Å²) in [7, 11) is 0. The van der Waals surface area contributed by atoms with Crippen LogP contribution < -0.4 is 15.5 Å². The minimum atomic E-state index is -0.887. The molecule has 0 unspecified atom stereocenters. The number of urea groups is 1. The lowest BCUT2D eigenvalue weighted by molar-refractivity contribution is -0.0980. The summed E-state index contributed by atoms with van der Waals surface area (Å²) in [5.74, 6) is -1.67. The van der Waals surface area contributed by atoms with Gasteiger partial charge in [0.2, 0.25) is 0 Å². The summed E-state index contributed by atoms with van der Waals surface area (Å²) in [5.41, 5.74) is 4.18. The van der Waals surface area contributed by atoms with Gasteiger partial charge in [0.05, 0.1) is 12.2 Å². The molecule has 0 radical (unpaired) electrons. The number of nitrogens with zero attached hydrogens (tertiary/aromatic N) is 3. The van der Waals surface area contributed by atoms with Gasteiger partial charge in [-0.25, -0.2) is 32.8 Å². The number of carbonyl (C=O) groups excluding carboxylic acids is 2. The van der Waals surface area contributed by atoms with Crippen LogP contribution in [0, 0.1) is 31.3 Å². The van der Waals surface area contributed by atoms with Gasteiger partial charge in [-0.1, -0.05) is 38.6 Å². The van der Waals surface area contributed by atoms with E-state index < -0.39 is 23.4 Å². The minimum absolute atomic E-state index is 0.0782. The molecular weight excluding hydrogens is 531 g/mol. The number of aryl methyl sites for hydroxylation is 2. The zero-order valence-electron chi connectivity index (χ0n) is 23.2. The van der Waals surface area contributed by atoms with Crippen LogP contribution in [-0.2, 0) is 11.3 Å². The highest BCUT2D eigenvalue weighted by Crippen LogP contribution is 2.38. The van der Waals surface area contributed by atoms with Crippen LogP contribution in [0.3, 0.4) is 0 Å². The third-order valence-corrected chi connectivity index (χ3v) is 6.07. The molecule has 0 bridgehead atoms. The predicted molar refractivity (Wildman–Crippen MR) is 155 cm³/mol. The van der Waals surface area contributed by atoms with Crippen LogP contribution in [0.25, 0.3) is 17.0 Å². The number of benzene rings is 3. The van der Waals surface area contributed by atoms with Crippen molar-refractivity contribution in [3.8, 4) is 11.3 Å². The fraction of sp³-hybridized carbons (Fsp3) is 0.161. The van der Waals surface area contributed by atoms with Crippen LogP contribution >= 0.6 is 0 Å².